The molecule has 2 aromatic heterocycles. The van der Waals surface area contributed by atoms with E-state index in [2.05, 4.69) is 11.1 Å². The molecule has 0 aliphatic rings. The van der Waals surface area contributed by atoms with Gasteiger partial charge >= 0.3 is 5.69 Å². The Morgan fingerprint density at radius 1 is 1.28 bits per heavy atom. The lowest BCUT2D eigenvalue weighted by molar-refractivity contribution is 0.551. The predicted molar refractivity (Wildman–Crippen MR) is 94.9 cm³/mol. The van der Waals surface area contributed by atoms with E-state index in [1.807, 2.05) is 19.9 Å². The standard InChI is InChI=1S/C17H16ClN5O2/c1-10(2)23-14-13(15(24)21(3)17(23)25)22(16(18)20-14)9-12-7-5-4-6-11(12)8-19/h4-7,10H,9H2,1-3H3. The molecule has 0 radical (unpaired) electrons. The highest BCUT2D eigenvalue weighted by Crippen LogP contribution is 2.21. The van der Waals surface area contributed by atoms with Gasteiger partial charge in [-0.15, -0.1) is 0 Å². The van der Waals surface area contributed by atoms with E-state index < -0.39 is 11.2 Å². The van der Waals surface area contributed by atoms with Crippen molar-refractivity contribution in [1.29, 1.82) is 5.26 Å². The molecular weight excluding hydrogens is 342 g/mol. The molecule has 0 N–H and O–H groups in total. The third-order valence-electron chi connectivity index (χ3n) is 4.11. The molecule has 3 aromatic rings. The molecule has 0 fully saturated rings. The minimum atomic E-state index is -0.467. The molecule has 7 nitrogen and oxygen atoms in total. The van der Waals surface area contributed by atoms with E-state index in [4.69, 9.17) is 11.6 Å². The van der Waals surface area contributed by atoms with Gasteiger partial charge in [0.25, 0.3) is 5.56 Å². The van der Waals surface area contributed by atoms with Crippen LogP contribution < -0.4 is 11.2 Å². The highest BCUT2D eigenvalue weighted by atomic mass is 35.5. The second kappa shape index (κ2) is 6.22. The number of rotatable bonds is 3. The quantitative estimate of drug-likeness (QED) is 0.671. The summed E-state index contributed by atoms with van der Waals surface area (Å²) in [6.45, 7) is 3.89. The zero-order chi connectivity index (χ0) is 18.3. The summed E-state index contributed by atoms with van der Waals surface area (Å²) in [5, 5.41) is 9.36. The van der Waals surface area contributed by atoms with Crippen molar-refractivity contribution < 1.29 is 0 Å². The van der Waals surface area contributed by atoms with Crippen LogP contribution in [-0.4, -0.2) is 18.7 Å². The second-order valence-corrected chi connectivity index (χ2v) is 6.36. The van der Waals surface area contributed by atoms with Gasteiger partial charge in [0.05, 0.1) is 18.2 Å². The molecule has 3 rings (SSSR count). The Bertz CT molecular complexity index is 1130. The first-order chi connectivity index (χ1) is 11.9. The van der Waals surface area contributed by atoms with Crippen LogP contribution in [0.4, 0.5) is 0 Å². The Morgan fingerprint density at radius 2 is 1.96 bits per heavy atom. The fourth-order valence-electron chi connectivity index (χ4n) is 2.84. The van der Waals surface area contributed by atoms with Crippen molar-refractivity contribution in [3.63, 3.8) is 0 Å². The van der Waals surface area contributed by atoms with Crippen LogP contribution in [0.3, 0.4) is 0 Å². The summed E-state index contributed by atoms with van der Waals surface area (Å²) in [7, 11) is 1.43. The zero-order valence-electron chi connectivity index (χ0n) is 14.0. The summed E-state index contributed by atoms with van der Waals surface area (Å²) in [4.78, 5) is 29.3. The Balaban J connectivity index is 2.35. The van der Waals surface area contributed by atoms with Crippen LogP contribution in [-0.2, 0) is 13.6 Å². The molecular formula is C17H16ClN5O2. The number of nitriles is 1. The van der Waals surface area contributed by atoms with Gasteiger partial charge in [-0.25, -0.2) is 4.79 Å². The van der Waals surface area contributed by atoms with Crippen LogP contribution in [0.25, 0.3) is 11.2 Å². The number of aromatic nitrogens is 4. The molecule has 2 heterocycles. The monoisotopic (exact) mass is 357 g/mol. The summed E-state index contributed by atoms with van der Waals surface area (Å²) >= 11 is 6.27. The molecule has 1 aromatic carbocycles. The van der Waals surface area contributed by atoms with Gasteiger partial charge in [-0.3, -0.25) is 13.9 Å². The summed E-state index contributed by atoms with van der Waals surface area (Å²) < 4.78 is 4.02. The summed E-state index contributed by atoms with van der Waals surface area (Å²) in [5.41, 5.74) is 0.804. The lowest BCUT2D eigenvalue weighted by atomic mass is 10.1. The first-order valence-electron chi connectivity index (χ1n) is 7.72. The lowest BCUT2D eigenvalue weighted by Crippen LogP contribution is -2.39. The van der Waals surface area contributed by atoms with Gasteiger partial charge in [0.2, 0.25) is 5.28 Å². The maximum Gasteiger partial charge on any atom is 0.332 e. The normalized spacial score (nSPS) is 11.2. The number of hydrogen-bond donors (Lipinski definition) is 0. The van der Waals surface area contributed by atoms with E-state index >= 15 is 0 Å². The van der Waals surface area contributed by atoms with E-state index in [1.165, 1.54) is 16.2 Å². The van der Waals surface area contributed by atoms with Crippen molar-refractivity contribution in [2.24, 2.45) is 7.05 Å². The van der Waals surface area contributed by atoms with Crippen LogP contribution in [0.1, 0.15) is 31.0 Å². The molecule has 25 heavy (non-hydrogen) atoms. The van der Waals surface area contributed by atoms with Crippen molar-refractivity contribution in [2.75, 3.05) is 0 Å². The Kier molecular flexibility index (Phi) is 4.23. The van der Waals surface area contributed by atoms with Crippen LogP contribution in [0.15, 0.2) is 33.9 Å². The largest absolute Gasteiger partial charge is 0.332 e. The molecule has 0 saturated heterocycles. The summed E-state index contributed by atoms with van der Waals surface area (Å²) in [5.74, 6) is 0. The van der Waals surface area contributed by atoms with Gasteiger partial charge in [0.15, 0.2) is 11.2 Å². The van der Waals surface area contributed by atoms with Gasteiger partial charge in [0, 0.05) is 13.1 Å². The van der Waals surface area contributed by atoms with Gasteiger partial charge in [-0.2, -0.15) is 10.2 Å². The van der Waals surface area contributed by atoms with Gasteiger partial charge in [-0.05, 0) is 37.1 Å². The predicted octanol–water partition coefficient (Wildman–Crippen LogP) is 2.05. The lowest BCUT2D eigenvalue weighted by Gasteiger charge is -2.13. The van der Waals surface area contributed by atoms with Gasteiger partial charge < -0.3 is 4.57 Å². The molecule has 0 unspecified atom stereocenters. The fourth-order valence-corrected chi connectivity index (χ4v) is 3.06. The molecule has 0 aliphatic carbocycles. The number of fused-ring (bicyclic) bond motifs is 1. The van der Waals surface area contributed by atoms with Gasteiger partial charge in [-0.1, -0.05) is 18.2 Å². The van der Waals surface area contributed by atoms with Crippen molar-refractivity contribution in [3.05, 3.63) is 61.5 Å². The Morgan fingerprint density at radius 3 is 2.60 bits per heavy atom. The van der Waals surface area contributed by atoms with Gasteiger partial charge in [0.1, 0.15) is 0 Å². The number of benzene rings is 1. The van der Waals surface area contributed by atoms with Crippen LogP contribution in [0.2, 0.25) is 5.28 Å². The third kappa shape index (κ3) is 2.65. The van der Waals surface area contributed by atoms with Crippen molar-refractivity contribution in [2.45, 2.75) is 26.4 Å². The number of imidazole rings is 1. The number of nitrogens with zero attached hydrogens (tertiary/aromatic N) is 5. The molecule has 0 atom stereocenters. The molecule has 8 heteroatoms. The molecule has 0 saturated carbocycles. The van der Waals surface area contributed by atoms with Crippen molar-refractivity contribution in [1.82, 2.24) is 18.7 Å². The average Bonchev–Trinajstić information content (AvgIpc) is 2.89. The Hall–Kier alpha value is -2.85. The molecule has 0 amide bonds. The molecule has 0 bridgehead atoms. The van der Waals surface area contributed by atoms with E-state index in [9.17, 15) is 14.9 Å². The molecule has 128 valence electrons. The smallest absolute Gasteiger partial charge is 0.304 e. The molecule has 0 spiro atoms. The summed E-state index contributed by atoms with van der Waals surface area (Å²) in [6.07, 6.45) is 0. The fraction of sp³-hybridized carbons (Fsp3) is 0.294. The van der Waals surface area contributed by atoms with E-state index in [0.29, 0.717) is 5.56 Å². The van der Waals surface area contributed by atoms with E-state index in [1.54, 1.807) is 18.2 Å². The average molecular weight is 358 g/mol. The minimum Gasteiger partial charge on any atom is -0.304 e. The first-order valence-corrected chi connectivity index (χ1v) is 8.09. The summed E-state index contributed by atoms with van der Waals surface area (Å²) in [6, 6.07) is 9.01. The Labute approximate surface area is 148 Å². The maximum atomic E-state index is 12.7. The molecule has 0 aliphatic heterocycles. The SMILES string of the molecule is CC(C)n1c(=O)n(C)c(=O)c2c1nc(Cl)n2Cc1ccccc1C#N. The number of halogens is 1. The van der Waals surface area contributed by atoms with Crippen molar-refractivity contribution in [3.8, 4) is 6.07 Å². The second-order valence-electron chi connectivity index (χ2n) is 6.02. The van der Waals surface area contributed by atoms with Crippen LogP contribution in [0.5, 0.6) is 0 Å². The van der Waals surface area contributed by atoms with E-state index in [-0.39, 0.29) is 29.0 Å². The van der Waals surface area contributed by atoms with Crippen LogP contribution in [0, 0.1) is 11.3 Å². The maximum absolute atomic E-state index is 12.7. The zero-order valence-corrected chi connectivity index (χ0v) is 14.8. The van der Waals surface area contributed by atoms with Crippen LogP contribution >= 0.6 is 11.6 Å². The first kappa shape index (κ1) is 17.0. The highest BCUT2D eigenvalue weighted by molar-refractivity contribution is 6.29. The minimum absolute atomic E-state index is 0.0971. The number of hydrogen-bond acceptors (Lipinski definition) is 4. The van der Waals surface area contributed by atoms with Crippen molar-refractivity contribution >= 4 is 22.8 Å². The third-order valence-corrected chi connectivity index (χ3v) is 4.40. The highest BCUT2D eigenvalue weighted by Gasteiger charge is 2.21. The topological polar surface area (TPSA) is 85.6 Å². The van der Waals surface area contributed by atoms with E-state index in [0.717, 1.165) is 10.1 Å².